The van der Waals surface area contributed by atoms with Crippen molar-refractivity contribution in [2.24, 2.45) is 13.0 Å². The fourth-order valence-electron chi connectivity index (χ4n) is 4.20. The van der Waals surface area contributed by atoms with Gasteiger partial charge in [0.15, 0.2) is 0 Å². The fourth-order valence-corrected chi connectivity index (χ4v) is 4.20. The topological polar surface area (TPSA) is 97.4 Å². The number of aromatic nitrogens is 4. The minimum atomic E-state index is -0.804. The van der Waals surface area contributed by atoms with E-state index in [-0.39, 0.29) is 36.8 Å². The minimum Gasteiger partial charge on any atom is -0.390 e. The molecule has 4 rings (SSSR count). The van der Waals surface area contributed by atoms with Crippen LogP contribution in [0.1, 0.15) is 17.7 Å². The number of methoxy groups -OCH3 is 1. The third-order valence-corrected chi connectivity index (χ3v) is 5.64. The normalized spacial score (nSPS) is 23.3. The quantitative estimate of drug-likeness (QED) is 0.499. The Morgan fingerprint density at radius 3 is 2.70 bits per heavy atom. The number of benzene rings is 1. The van der Waals surface area contributed by atoms with Crippen molar-refractivity contribution in [3.8, 4) is 0 Å². The zero-order valence-electron chi connectivity index (χ0n) is 17.0. The molecule has 3 aromatic rings. The molecule has 0 unspecified atom stereocenters. The van der Waals surface area contributed by atoms with Crippen molar-refractivity contribution in [2.75, 3.05) is 7.11 Å². The lowest BCUT2D eigenvalue weighted by molar-refractivity contribution is 0.00723. The summed E-state index contributed by atoms with van der Waals surface area (Å²) >= 11 is 0. The Morgan fingerprint density at radius 2 is 1.93 bits per heavy atom. The maximum Gasteiger partial charge on any atom is 0.108 e. The Bertz CT molecular complexity index is 948. The van der Waals surface area contributed by atoms with E-state index in [0.29, 0.717) is 26.1 Å². The van der Waals surface area contributed by atoms with Crippen molar-refractivity contribution in [3.63, 3.8) is 0 Å². The van der Waals surface area contributed by atoms with Crippen LogP contribution in [0.5, 0.6) is 0 Å². The van der Waals surface area contributed by atoms with Gasteiger partial charge in [-0.1, -0.05) is 23.4 Å². The highest BCUT2D eigenvalue weighted by Gasteiger charge is 2.41. The summed E-state index contributed by atoms with van der Waals surface area (Å²) in [5, 5.41) is 33.8. The number of hydrogen-bond donors (Lipinski definition) is 3. The van der Waals surface area contributed by atoms with Crippen LogP contribution in [0.4, 0.5) is 0 Å². The Balaban J connectivity index is 0.00000160. The second-order valence-corrected chi connectivity index (χ2v) is 7.61. The number of rotatable bonds is 7. The van der Waals surface area contributed by atoms with Crippen LogP contribution in [-0.2, 0) is 31.5 Å². The van der Waals surface area contributed by atoms with Gasteiger partial charge in [0.2, 0.25) is 0 Å². The number of halogens is 2. The first kappa shape index (κ1) is 24.6. The number of nitrogens with one attached hydrogen (secondary N) is 1. The van der Waals surface area contributed by atoms with Gasteiger partial charge in [-0.05, 0) is 18.1 Å². The molecule has 0 aliphatic heterocycles. The van der Waals surface area contributed by atoms with Crippen LogP contribution in [0.25, 0.3) is 10.9 Å². The molecule has 1 aliphatic carbocycles. The Hall–Kier alpha value is -1.68. The van der Waals surface area contributed by atoms with E-state index < -0.39 is 12.2 Å². The summed E-state index contributed by atoms with van der Waals surface area (Å²) in [7, 11) is 3.65. The van der Waals surface area contributed by atoms with Gasteiger partial charge in [-0.25, -0.2) is 0 Å². The van der Waals surface area contributed by atoms with Gasteiger partial charge in [-0.15, -0.1) is 29.9 Å². The van der Waals surface area contributed by atoms with Gasteiger partial charge in [0.1, 0.15) is 5.69 Å². The smallest absolute Gasteiger partial charge is 0.108 e. The van der Waals surface area contributed by atoms with Crippen LogP contribution in [0.15, 0.2) is 36.7 Å². The van der Waals surface area contributed by atoms with Crippen LogP contribution in [0.2, 0.25) is 0 Å². The van der Waals surface area contributed by atoms with Gasteiger partial charge < -0.3 is 24.8 Å². The SMILES string of the molecule is COCc1cn(C[C@H]2C[C@@H](NCc3cn(C)c4ccccc34)[C@H](O)[C@@H]2O)nn1.Cl.Cl. The summed E-state index contributed by atoms with van der Waals surface area (Å²) in [6.07, 6.45) is 3.01. The first-order chi connectivity index (χ1) is 13.6. The second-order valence-electron chi connectivity index (χ2n) is 7.61. The summed E-state index contributed by atoms with van der Waals surface area (Å²) in [6.45, 7) is 1.57. The summed E-state index contributed by atoms with van der Waals surface area (Å²) in [6, 6.07) is 8.10. The van der Waals surface area contributed by atoms with Gasteiger partial charge in [0, 0.05) is 56.3 Å². The molecule has 1 aromatic carbocycles. The van der Waals surface area contributed by atoms with Crippen LogP contribution in [0, 0.1) is 5.92 Å². The molecule has 30 heavy (non-hydrogen) atoms. The molecule has 2 heterocycles. The van der Waals surface area contributed by atoms with Crippen molar-refractivity contribution in [1.29, 1.82) is 0 Å². The highest BCUT2D eigenvalue weighted by atomic mass is 35.5. The molecule has 1 aliphatic rings. The molecule has 8 nitrogen and oxygen atoms in total. The van der Waals surface area contributed by atoms with E-state index in [1.54, 1.807) is 11.8 Å². The molecule has 0 radical (unpaired) electrons. The average Bonchev–Trinajstić information content (AvgIpc) is 3.34. The van der Waals surface area contributed by atoms with Crippen LogP contribution in [-0.4, -0.2) is 55.1 Å². The average molecular weight is 458 g/mol. The molecular weight excluding hydrogens is 429 g/mol. The van der Waals surface area contributed by atoms with E-state index in [4.69, 9.17) is 4.74 Å². The molecule has 0 amide bonds. The van der Waals surface area contributed by atoms with Crippen molar-refractivity contribution >= 4 is 35.7 Å². The van der Waals surface area contributed by atoms with Crippen molar-refractivity contribution in [2.45, 2.75) is 44.4 Å². The Kier molecular flexibility index (Phi) is 8.66. The Labute approximate surface area is 188 Å². The third kappa shape index (κ3) is 4.96. The summed E-state index contributed by atoms with van der Waals surface area (Å²) in [4.78, 5) is 0. The lowest BCUT2D eigenvalue weighted by Gasteiger charge is -2.18. The predicted octanol–water partition coefficient (Wildman–Crippen LogP) is 1.66. The van der Waals surface area contributed by atoms with E-state index >= 15 is 0 Å². The number of aliphatic hydroxyl groups is 2. The number of para-hydroxylation sites is 1. The van der Waals surface area contributed by atoms with Crippen LogP contribution < -0.4 is 5.32 Å². The van der Waals surface area contributed by atoms with E-state index in [1.807, 2.05) is 25.4 Å². The molecule has 1 saturated carbocycles. The van der Waals surface area contributed by atoms with Crippen LogP contribution >= 0.6 is 24.8 Å². The highest BCUT2D eigenvalue weighted by molar-refractivity contribution is 5.85. The first-order valence-corrected chi connectivity index (χ1v) is 9.57. The molecule has 0 saturated heterocycles. The maximum absolute atomic E-state index is 10.5. The fraction of sp³-hybridized carbons (Fsp3) is 0.500. The number of fused-ring (bicyclic) bond motifs is 1. The van der Waals surface area contributed by atoms with E-state index in [0.717, 1.165) is 5.69 Å². The number of ether oxygens (including phenoxy) is 1. The van der Waals surface area contributed by atoms with Crippen molar-refractivity contribution < 1.29 is 14.9 Å². The number of hydrogen-bond acceptors (Lipinski definition) is 6. The highest BCUT2D eigenvalue weighted by Crippen LogP contribution is 2.29. The molecule has 0 bridgehead atoms. The maximum atomic E-state index is 10.5. The molecule has 166 valence electrons. The zero-order chi connectivity index (χ0) is 19.7. The van der Waals surface area contributed by atoms with Crippen LogP contribution in [0.3, 0.4) is 0 Å². The molecular formula is C20H29Cl2N5O3. The van der Waals surface area contributed by atoms with Crippen molar-refractivity contribution in [1.82, 2.24) is 24.9 Å². The molecule has 10 heteroatoms. The monoisotopic (exact) mass is 457 g/mol. The van der Waals surface area contributed by atoms with Gasteiger partial charge in [0.05, 0.1) is 25.0 Å². The minimum absolute atomic E-state index is 0. The molecule has 0 spiro atoms. The summed E-state index contributed by atoms with van der Waals surface area (Å²) in [5.41, 5.74) is 3.12. The molecule has 1 fully saturated rings. The van der Waals surface area contributed by atoms with Gasteiger partial charge in [0.25, 0.3) is 0 Å². The predicted molar refractivity (Wildman–Crippen MR) is 119 cm³/mol. The number of aliphatic hydroxyl groups excluding tert-OH is 2. The summed E-state index contributed by atoms with van der Waals surface area (Å²) in [5.74, 6) is -0.0860. The van der Waals surface area contributed by atoms with E-state index in [1.165, 1.54) is 16.5 Å². The zero-order valence-corrected chi connectivity index (χ0v) is 18.6. The largest absolute Gasteiger partial charge is 0.390 e. The Morgan fingerprint density at radius 1 is 1.17 bits per heavy atom. The molecule has 3 N–H and O–H groups in total. The van der Waals surface area contributed by atoms with Gasteiger partial charge in [-0.3, -0.25) is 4.68 Å². The number of nitrogens with zero attached hydrogens (tertiary/aromatic N) is 4. The third-order valence-electron chi connectivity index (χ3n) is 5.64. The first-order valence-electron chi connectivity index (χ1n) is 9.57. The van der Waals surface area contributed by atoms with E-state index in [9.17, 15) is 10.2 Å². The van der Waals surface area contributed by atoms with E-state index in [2.05, 4.69) is 38.5 Å². The summed E-state index contributed by atoms with van der Waals surface area (Å²) < 4.78 is 8.87. The number of aryl methyl sites for hydroxylation is 1. The van der Waals surface area contributed by atoms with Gasteiger partial charge in [-0.2, -0.15) is 0 Å². The second kappa shape index (κ2) is 10.6. The molecule has 2 aromatic heterocycles. The van der Waals surface area contributed by atoms with Crippen molar-refractivity contribution in [3.05, 3.63) is 47.9 Å². The standard InChI is InChI=1S/C20H27N5O3.2ClH/c1-24-9-14(16-5-3-4-6-18(16)24)8-21-17-7-13(19(26)20(17)27)10-25-11-15(12-28-2)22-23-25;;/h3-6,9,11,13,17,19-21,26-27H,7-8,10,12H2,1-2H3;2*1H/t13-,17-,19-,20+;;/m1../s1. The lowest BCUT2D eigenvalue weighted by atomic mass is 10.1. The molecule has 4 atom stereocenters. The van der Waals surface area contributed by atoms with Gasteiger partial charge >= 0.3 is 0 Å². The lowest BCUT2D eigenvalue weighted by Crippen LogP contribution is -2.39.